The maximum atomic E-state index is 12.9. The van der Waals surface area contributed by atoms with Crippen LogP contribution in [0.5, 0.6) is 17.2 Å². The van der Waals surface area contributed by atoms with Crippen molar-refractivity contribution in [3.8, 4) is 17.2 Å². The summed E-state index contributed by atoms with van der Waals surface area (Å²) in [5.41, 5.74) is 1.25. The molecule has 2 amide bonds. The van der Waals surface area contributed by atoms with Gasteiger partial charge in [-0.05, 0) is 37.3 Å². The Morgan fingerprint density at radius 3 is 2.74 bits per heavy atom. The van der Waals surface area contributed by atoms with Crippen molar-refractivity contribution in [3.05, 3.63) is 48.0 Å². The predicted octanol–water partition coefficient (Wildman–Crippen LogP) is 2.30. The van der Waals surface area contributed by atoms with Gasteiger partial charge in [0.25, 0.3) is 5.91 Å². The molecule has 7 heteroatoms. The Kier molecular flexibility index (Phi) is 4.35. The monoisotopic (exact) mass is 368 g/mol. The van der Waals surface area contributed by atoms with Gasteiger partial charge in [0.15, 0.2) is 11.5 Å². The van der Waals surface area contributed by atoms with Crippen molar-refractivity contribution >= 4 is 17.5 Å². The number of benzene rings is 2. The highest BCUT2D eigenvalue weighted by Crippen LogP contribution is 2.36. The van der Waals surface area contributed by atoms with Crippen molar-refractivity contribution in [2.24, 2.45) is 0 Å². The number of amides is 2. The Hall–Kier alpha value is -3.22. The van der Waals surface area contributed by atoms with Crippen LogP contribution < -0.4 is 19.1 Å². The fraction of sp³-hybridized carbons (Fsp3) is 0.300. The van der Waals surface area contributed by atoms with Gasteiger partial charge in [-0.25, -0.2) is 0 Å². The van der Waals surface area contributed by atoms with Crippen LogP contribution in [0.2, 0.25) is 0 Å². The average molecular weight is 368 g/mol. The molecule has 2 aliphatic heterocycles. The van der Waals surface area contributed by atoms with E-state index in [2.05, 4.69) is 0 Å². The summed E-state index contributed by atoms with van der Waals surface area (Å²) in [5.74, 6) is 1.60. The largest absolute Gasteiger partial charge is 0.497 e. The molecule has 1 saturated heterocycles. The van der Waals surface area contributed by atoms with Gasteiger partial charge in [-0.3, -0.25) is 9.59 Å². The van der Waals surface area contributed by atoms with E-state index in [0.717, 1.165) is 5.69 Å². The number of nitrogens with zero attached hydrogens (tertiary/aromatic N) is 2. The second kappa shape index (κ2) is 6.83. The van der Waals surface area contributed by atoms with Crippen LogP contribution in [-0.2, 0) is 4.79 Å². The molecule has 2 aliphatic rings. The lowest BCUT2D eigenvalue weighted by molar-refractivity contribution is -0.124. The molecule has 2 heterocycles. The molecule has 0 aromatic heterocycles. The quantitative estimate of drug-likeness (QED) is 0.832. The number of methoxy groups -OCH3 is 1. The van der Waals surface area contributed by atoms with E-state index in [-0.39, 0.29) is 18.6 Å². The summed E-state index contributed by atoms with van der Waals surface area (Å²) in [5, 5.41) is 0. The summed E-state index contributed by atoms with van der Waals surface area (Å²) < 4.78 is 15.9. The molecule has 0 unspecified atom stereocenters. The van der Waals surface area contributed by atoms with Crippen molar-refractivity contribution < 1.29 is 23.8 Å². The lowest BCUT2D eigenvalue weighted by Crippen LogP contribution is -2.57. The molecule has 140 valence electrons. The van der Waals surface area contributed by atoms with Crippen LogP contribution in [-0.4, -0.2) is 49.7 Å². The van der Waals surface area contributed by atoms with Crippen LogP contribution in [0.3, 0.4) is 0 Å². The fourth-order valence-corrected chi connectivity index (χ4v) is 3.38. The molecular formula is C20H20N2O5. The summed E-state index contributed by atoms with van der Waals surface area (Å²) >= 11 is 0. The van der Waals surface area contributed by atoms with E-state index >= 15 is 0 Å². The molecule has 0 N–H and O–H groups in total. The molecule has 2 aromatic rings. The van der Waals surface area contributed by atoms with E-state index in [1.54, 1.807) is 60.2 Å². The van der Waals surface area contributed by atoms with Gasteiger partial charge in [0.1, 0.15) is 11.8 Å². The van der Waals surface area contributed by atoms with Crippen LogP contribution in [0.1, 0.15) is 17.3 Å². The zero-order valence-corrected chi connectivity index (χ0v) is 15.2. The SMILES string of the molecule is COc1cccc(C(=O)N2CCN(c3ccc4c(c3)OCO4)C(=O)[C@@H]2C)c1. The number of fused-ring (bicyclic) bond motifs is 1. The van der Waals surface area contributed by atoms with Gasteiger partial charge in [0.05, 0.1) is 7.11 Å². The van der Waals surface area contributed by atoms with Crippen LogP contribution in [0.15, 0.2) is 42.5 Å². The first-order valence-electron chi connectivity index (χ1n) is 8.74. The van der Waals surface area contributed by atoms with E-state index in [1.807, 2.05) is 6.07 Å². The third-order valence-electron chi connectivity index (χ3n) is 4.90. The van der Waals surface area contributed by atoms with Crippen molar-refractivity contribution in [2.75, 3.05) is 31.9 Å². The molecule has 0 spiro atoms. The van der Waals surface area contributed by atoms with E-state index < -0.39 is 6.04 Å². The molecule has 4 rings (SSSR count). The Morgan fingerprint density at radius 2 is 1.93 bits per heavy atom. The Labute approximate surface area is 157 Å². The zero-order chi connectivity index (χ0) is 19.0. The standard InChI is InChI=1S/C20H20N2O5/c1-13-19(23)22(15-6-7-17-18(11-15)27-12-26-17)9-8-21(13)20(24)14-4-3-5-16(10-14)25-2/h3-7,10-11,13H,8-9,12H2,1-2H3/t13-/m0/s1. The first kappa shape index (κ1) is 17.2. The second-order valence-electron chi connectivity index (χ2n) is 6.43. The van der Waals surface area contributed by atoms with Crippen molar-refractivity contribution in [2.45, 2.75) is 13.0 Å². The molecule has 0 aliphatic carbocycles. The fourth-order valence-electron chi connectivity index (χ4n) is 3.38. The van der Waals surface area contributed by atoms with E-state index in [1.165, 1.54) is 0 Å². The predicted molar refractivity (Wildman–Crippen MR) is 98.4 cm³/mol. The number of hydrogen-bond donors (Lipinski definition) is 0. The normalized spacial score (nSPS) is 18.6. The summed E-state index contributed by atoms with van der Waals surface area (Å²) in [7, 11) is 1.56. The van der Waals surface area contributed by atoms with Crippen molar-refractivity contribution in [1.29, 1.82) is 0 Å². The van der Waals surface area contributed by atoms with Gasteiger partial charge < -0.3 is 24.0 Å². The molecule has 1 atom stereocenters. The number of carbonyl (C=O) groups is 2. The lowest BCUT2D eigenvalue weighted by Gasteiger charge is -2.39. The van der Waals surface area contributed by atoms with Gasteiger partial charge in [-0.2, -0.15) is 0 Å². The first-order chi connectivity index (χ1) is 13.1. The number of anilines is 1. The molecule has 27 heavy (non-hydrogen) atoms. The second-order valence-corrected chi connectivity index (χ2v) is 6.43. The van der Waals surface area contributed by atoms with Gasteiger partial charge in [-0.15, -0.1) is 0 Å². The third kappa shape index (κ3) is 3.05. The zero-order valence-electron chi connectivity index (χ0n) is 15.2. The minimum absolute atomic E-state index is 0.128. The third-order valence-corrected chi connectivity index (χ3v) is 4.90. The van der Waals surface area contributed by atoms with E-state index in [9.17, 15) is 9.59 Å². The minimum atomic E-state index is -0.567. The minimum Gasteiger partial charge on any atom is -0.497 e. The van der Waals surface area contributed by atoms with Crippen LogP contribution in [0.4, 0.5) is 5.69 Å². The number of ether oxygens (including phenoxy) is 3. The number of hydrogen-bond acceptors (Lipinski definition) is 5. The molecule has 1 fully saturated rings. The first-order valence-corrected chi connectivity index (χ1v) is 8.74. The highest BCUT2D eigenvalue weighted by Gasteiger charge is 2.35. The summed E-state index contributed by atoms with van der Waals surface area (Å²) in [4.78, 5) is 29.1. The van der Waals surface area contributed by atoms with Crippen LogP contribution in [0, 0.1) is 0 Å². The molecule has 0 bridgehead atoms. The maximum Gasteiger partial charge on any atom is 0.254 e. The summed E-state index contributed by atoms with van der Waals surface area (Å²) in [6.45, 7) is 2.79. The smallest absolute Gasteiger partial charge is 0.254 e. The Bertz CT molecular complexity index is 898. The Morgan fingerprint density at radius 1 is 1.11 bits per heavy atom. The Balaban J connectivity index is 1.53. The summed E-state index contributed by atoms with van der Waals surface area (Å²) in [6.07, 6.45) is 0. The van der Waals surface area contributed by atoms with Gasteiger partial charge in [-0.1, -0.05) is 6.07 Å². The van der Waals surface area contributed by atoms with E-state index in [0.29, 0.717) is 35.9 Å². The van der Waals surface area contributed by atoms with Gasteiger partial charge in [0.2, 0.25) is 12.7 Å². The highest BCUT2D eigenvalue weighted by atomic mass is 16.7. The van der Waals surface area contributed by atoms with Crippen LogP contribution >= 0.6 is 0 Å². The number of rotatable bonds is 3. The average Bonchev–Trinajstić information content (AvgIpc) is 3.17. The molecule has 0 saturated carbocycles. The topological polar surface area (TPSA) is 68.3 Å². The van der Waals surface area contributed by atoms with Crippen LogP contribution in [0.25, 0.3) is 0 Å². The van der Waals surface area contributed by atoms with Crippen molar-refractivity contribution in [1.82, 2.24) is 4.90 Å². The number of piperazine rings is 1. The highest BCUT2D eigenvalue weighted by molar-refractivity contribution is 6.03. The molecular weight excluding hydrogens is 348 g/mol. The number of carbonyl (C=O) groups excluding carboxylic acids is 2. The van der Waals surface area contributed by atoms with Gasteiger partial charge >= 0.3 is 0 Å². The molecule has 0 radical (unpaired) electrons. The lowest BCUT2D eigenvalue weighted by atomic mass is 10.1. The van der Waals surface area contributed by atoms with Gasteiger partial charge in [0, 0.05) is 30.4 Å². The van der Waals surface area contributed by atoms with Crippen molar-refractivity contribution in [3.63, 3.8) is 0 Å². The van der Waals surface area contributed by atoms with E-state index in [4.69, 9.17) is 14.2 Å². The summed E-state index contributed by atoms with van der Waals surface area (Å²) in [6, 6.07) is 11.8. The molecule has 7 nitrogen and oxygen atoms in total. The molecule has 2 aromatic carbocycles. The maximum absolute atomic E-state index is 12.9.